The van der Waals surface area contributed by atoms with Crippen molar-refractivity contribution in [3.05, 3.63) is 42.5 Å². The van der Waals surface area contributed by atoms with Crippen LogP contribution in [0, 0.1) is 0 Å². The number of aliphatic hydroxyl groups excluding tert-OH is 1. The van der Waals surface area contributed by atoms with E-state index in [0.717, 1.165) is 26.2 Å². The van der Waals surface area contributed by atoms with Gasteiger partial charge in [-0.3, -0.25) is 4.90 Å². The maximum Gasteiger partial charge on any atom is 0.203 e. The zero-order chi connectivity index (χ0) is 20.6. The van der Waals surface area contributed by atoms with Gasteiger partial charge >= 0.3 is 0 Å². The van der Waals surface area contributed by atoms with Crippen LogP contribution in [0.5, 0.6) is 23.0 Å². The summed E-state index contributed by atoms with van der Waals surface area (Å²) in [4.78, 5) is 4.64. The van der Waals surface area contributed by atoms with Crippen molar-refractivity contribution in [2.75, 3.05) is 65.6 Å². The van der Waals surface area contributed by atoms with E-state index in [4.69, 9.17) is 18.9 Å². The van der Waals surface area contributed by atoms with Gasteiger partial charge in [-0.1, -0.05) is 18.2 Å². The van der Waals surface area contributed by atoms with Gasteiger partial charge in [-0.15, -0.1) is 0 Å². The summed E-state index contributed by atoms with van der Waals surface area (Å²) < 4.78 is 21.8. The fraction of sp³-hybridized carbons (Fsp3) is 0.455. The van der Waals surface area contributed by atoms with E-state index in [1.54, 1.807) is 33.5 Å². The van der Waals surface area contributed by atoms with Crippen LogP contribution >= 0.6 is 0 Å². The smallest absolute Gasteiger partial charge is 0.203 e. The summed E-state index contributed by atoms with van der Waals surface area (Å²) in [7, 11) is 4.68. The molecule has 1 fully saturated rings. The quantitative estimate of drug-likeness (QED) is 0.690. The lowest BCUT2D eigenvalue weighted by Crippen LogP contribution is -2.49. The van der Waals surface area contributed by atoms with Crippen LogP contribution in [-0.4, -0.2) is 76.8 Å². The van der Waals surface area contributed by atoms with Gasteiger partial charge in [0.15, 0.2) is 11.5 Å². The SMILES string of the molecule is COc1cc(OCC(O)CN2CCN(c3ccccc3)CC2)cc(OC)c1OC. The molecular formula is C22H30N2O5. The molecule has 1 aliphatic rings. The van der Waals surface area contributed by atoms with Crippen molar-refractivity contribution in [1.29, 1.82) is 0 Å². The summed E-state index contributed by atoms with van der Waals surface area (Å²) in [6.07, 6.45) is -0.586. The molecule has 7 heteroatoms. The van der Waals surface area contributed by atoms with E-state index in [1.807, 2.05) is 6.07 Å². The van der Waals surface area contributed by atoms with Gasteiger partial charge in [0, 0.05) is 50.5 Å². The van der Waals surface area contributed by atoms with Crippen LogP contribution in [0.15, 0.2) is 42.5 Å². The minimum atomic E-state index is -0.586. The van der Waals surface area contributed by atoms with Crippen molar-refractivity contribution in [2.24, 2.45) is 0 Å². The summed E-state index contributed by atoms with van der Waals surface area (Å²) >= 11 is 0. The van der Waals surface area contributed by atoms with E-state index >= 15 is 0 Å². The van der Waals surface area contributed by atoms with Crippen LogP contribution in [-0.2, 0) is 0 Å². The molecular weight excluding hydrogens is 372 g/mol. The Kier molecular flexibility index (Phi) is 7.43. The number of ether oxygens (including phenoxy) is 4. The molecule has 0 radical (unpaired) electrons. The highest BCUT2D eigenvalue weighted by Gasteiger charge is 2.20. The number of β-amino-alcohol motifs (C(OH)–C–C–N with tert-alkyl or cyclic N) is 1. The van der Waals surface area contributed by atoms with E-state index in [9.17, 15) is 5.11 Å². The maximum atomic E-state index is 10.4. The lowest BCUT2D eigenvalue weighted by Gasteiger charge is -2.36. The molecule has 0 saturated carbocycles. The number of nitrogens with zero attached hydrogens (tertiary/aromatic N) is 2. The number of benzene rings is 2. The van der Waals surface area contributed by atoms with Crippen molar-refractivity contribution in [3.63, 3.8) is 0 Å². The summed E-state index contributed by atoms with van der Waals surface area (Å²) in [5, 5.41) is 10.4. The molecule has 2 aromatic carbocycles. The number of hydrogen-bond donors (Lipinski definition) is 1. The number of aliphatic hydroxyl groups is 1. The maximum absolute atomic E-state index is 10.4. The molecule has 2 aromatic rings. The van der Waals surface area contributed by atoms with E-state index in [-0.39, 0.29) is 6.61 Å². The zero-order valence-electron chi connectivity index (χ0n) is 17.3. The van der Waals surface area contributed by atoms with E-state index < -0.39 is 6.10 Å². The van der Waals surface area contributed by atoms with E-state index in [2.05, 4.69) is 34.1 Å². The molecule has 0 bridgehead atoms. The molecule has 0 aromatic heterocycles. The molecule has 3 rings (SSSR count). The second-order valence-corrected chi connectivity index (χ2v) is 6.95. The summed E-state index contributed by atoms with van der Waals surface area (Å²) in [5.74, 6) is 2.12. The first kappa shape index (κ1) is 21.1. The highest BCUT2D eigenvalue weighted by Crippen LogP contribution is 2.40. The fourth-order valence-electron chi connectivity index (χ4n) is 3.51. The lowest BCUT2D eigenvalue weighted by atomic mass is 10.2. The van der Waals surface area contributed by atoms with Gasteiger partial charge in [0.2, 0.25) is 5.75 Å². The molecule has 0 spiro atoms. The molecule has 7 nitrogen and oxygen atoms in total. The van der Waals surface area contributed by atoms with Gasteiger partial charge in [0.25, 0.3) is 0 Å². The molecule has 1 unspecified atom stereocenters. The highest BCUT2D eigenvalue weighted by molar-refractivity contribution is 5.55. The topological polar surface area (TPSA) is 63.6 Å². The minimum absolute atomic E-state index is 0.192. The number of methoxy groups -OCH3 is 3. The van der Waals surface area contributed by atoms with Gasteiger partial charge in [-0.2, -0.15) is 0 Å². The van der Waals surface area contributed by atoms with Crippen LogP contribution in [0.3, 0.4) is 0 Å². The predicted molar refractivity (Wildman–Crippen MR) is 113 cm³/mol. The number of para-hydroxylation sites is 1. The molecule has 158 valence electrons. The average molecular weight is 402 g/mol. The molecule has 1 aliphatic heterocycles. The van der Waals surface area contributed by atoms with Crippen molar-refractivity contribution < 1.29 is 24.1 Å². The Labute approximate surface area is 172 Å². The monoisotopic (exact) mass is 402 g/mol. The molecule has 1 atom stereocenters. The molecule has 1 saturated heterocycles. The van der Waals surface area contributed by atoms with Gasteiger partial charge in [0.1, 0.15) is 18.5 Å². The third-order valence-electron chi connectivity index (χ3n) is 5.04. The van der Waals surface area contributed by atoms with Crippen LogP contribution < -0.4 is 23.8 Å². The Hall–Kier alpha value is -2.64. The Bertz CT molecular complexity index is 738. The summed E-state index contributed by atoms with van der Waals surface area (Å²) in [6, 6.07) is 13.9. The summed E-state index contributed by atoms with van der Waals surface area (Å²) in [5.41, 5.74) is 1.25. The van der Waals surface area contributed by atoms with Crippen molar-refractivity contribution >= 4 is 5.69 Å². The van der Waals surface area contributed by atoms with Gasteiger partial charge in [0.05, 0.1) is 21.3 Å². The van der Waals surface area contributed by atoms with Gasteiger partial charge < -0.3 is 29.0 Å². The van der Waals surface area contributed by atoms with Crippen LogP contribution in [0.1, 0.15) is 0 Å². The standard InChI is InChI=1S/C22H30N2O5/c1-26-20-13-19(14-21(27-2)22(20)28-3)29-16-18(25)15-23-9-11-24(12-10-23)17-7-5-4-6-8-17/h4-8,13-14,18,25H,9-12,15-16H2,1-3H3. The second-order valence-electron chi connectivity index (χ2n) is 6.95. The molecule has 29 heavy (non-hydrogen) atoms. The third kappa shape index (κ3) is 5.46. The second kappa shape index (κ2) is 10.2. The number of hydrogen-bond acceptors (Lipinski definition) is 7. The van der Waals surface area contributed by atoms with Gasteiger partial charge in [-0.05, 0) is 12.1 Å². The Morgan fingerprint density at radius 3 is 2.07 bits per heavy atom. The van der Waals surface area contributed by atoms with Crippen LogP contribution in [0.2, 0.25) is 0 Å². The molecule has 0 amide bonds. The normalized spacial score (nSPS) is 15.7. The Morgan fingerprint density at radius 2 is 1.52 bits per heavy atom. The Morgan fingerprint density at radius 1 is 0.897 bits per heavy atom. The third-order valence-corrected chi connectivity index (χ3v) is 5.04. The fourth-order valence-corrected chi connectivity index (χ4v) is 3.51. The lowest BCUT2D eigenvalue weighted by molar-refractivity contribution is 0.0661. The molecule has 1 heterocycles. The van der Waals surface area contributed by atoms with Crippen molar-refractivity contribution in [2.45, 2.75) is 6.10 Å². The number of anilines is 1. The molecule has 1 N–H and O–H groups in total. The minimum Gasteiger partial charge on any atom is -0.493 e. The van der Waals surface area contributed by atoms with Crippen LogP contribution in [0.25, 0.3) is 0 Å². The van der Waals surface area contributed by atoms with E-state index in [1.165, 1.54) is 5.69 Å². The largest absolute Gasteiger partial charge is 0.493 e. The number of piperazine rings is 1. The first-order chi connectivity index (χ1) is 14.1. The Balaban J connectivity index is 1.49. The van der Waals surface area contributed by atoms with Gasteiger partial charge in [-0.25, -0.2) is 0 Å². The van der Waals surface area contributed by atoms with Crippen LogP contribution in [0.4, 0.5) is 5.69 Å². The number of rotatable bonds is 9. The van der Waals surface area contributed by atoms with Crippen molar-refractivity contribution in [1.82, 2.24) is 4.90 Å². The highest BCUT2D eigenvalue weighted by atomic mass is 16.5. The van der Waals surface area contributed by atoms with Crippen molar-refractivity contribution in [3.8, 4) is 23.0 Å². The first-order valence-electron chi connectivity index (χ1n) is 9.77. The zero-order valence-corrected chi connectivity index (χ0v) is 17.3. The average Bonchev–Trinajstić information content (AvgIpc) is 2.78. The van der Waals surface area contributed by atoms with E-state index in [0.29, 0.717) is 29.5 Å². The molecule has 0 aliphatic carbocycles. The first-order valence-corrected chi connectivity index (χ1v) is 9.77. The predicted octanol–water partition coefficient (Wildman–Crippen LogP) is 2.27. The summed E-state index contributed by atoms with van der Waals surface area (Å²) in [6.45, 7) is 4.49.